The van der Waals surface area contributed by atoms with E-state index >= 15 is 0 Å². The number of ether oxygens (including phenoxy) is 1. The van der Waals surface area contributed by atoms with Crippen molar-refractivity contribution in [2.24, 2.45) is 5.92 Å². The van der Waals surface area contributed by atoms with Crippen molar-refractivity contribution in [3.8, 4) is 5.75 Å². The maximum Gasteiger partial charge on any atom is 0.263 e. The van der Waals surface area contributed by atoms with Gasteiger partial charge in [0.2, 0.25) is 10.0 Å². The topological polar surface area (TPSA) is 79.0 Å². The number of nitrogens with zero attached hydrogens (tertiary/aromatic N) is 2. The van der Waals surface area contributed by atoms with Gasteiger partial charge in [-0.05, 0) is 69.9 Å². The largest absolute Gasteiger partial charge is 0.476 e. The SMILES string of the molecule is Cc1ccc2c(c1)N(S(C)(=O)=O)C[C@@H](C(=O)NCCC1CCN(C)CC1)O2. The van der Waals surface area contributed by atoms with E-state index in [-0.39, 0.29) is 12.5 Å². The molecule has 0 saturated carbocycles. The Labute approximate surface area is 161 Å². The van der Waals surface area contributed by atoms with E-state index in [9.17, 15) is 13.2 Å². The van der Waals surface area contributed by atoms with Crippen LogP contribution < -0.4 is 14.4 Å². The zero-order valence-corrected chi connectivity index (χ0v) is 17.1. The van der Waals surface area contributed by atoms with Crippen LogP contribution in [0.2, 0.25) is 0 Å². The highest BCUT2D eigenvalue weighted by molar-refractivity contribution is 7.92. The van der Waals surface area contributed by atoms with Crippen molar-refractivity contribution in [1.82, 2.24) is 10.2 Å². The van der Waals surface area contributed by atoms with Gasteiger partial charge in [-0.3, -0.25) is 9.10 Å². The van der Waals surface area contributed by atoms with Crippen LogP contribution in [0.3, 0.4) is 0 Å². The number of carbonyl (C=O) groups is 1. The Hall–Kier alpha value is -1.80. The fourth-order valence-corrected chi connectivity index (χ4v) is 4.58. The number of fused-ring (bicyclic) bond motifs is 1. The van der Waals surface area contributed by atoms with Crippen molar-refractivity contribution in [3.63, 3.8) is 0 Å². The predicted molar refractivity (Wildman–Crippen MR) is 106 cm³/mol. The summed E-state index contributed by atoms with van der Waals surface area (Å²) >= 11 is 0. The lowest BCUT2D eigenvalue weighted by Crippen LogP contribution is -2.50. The first-order valence-corrected chi connectivity index (χ1v) is 11.3. The fourth-order valence-electron chi connectivity index (χ4n) is 3.68. The first kappa shape index (κ1) is 19.9. The third kappa shape index (κ3) is 4.93. The average molecular weight is 396 g/mol. The van der Waals surface area contributed by atoms with Gasteiger partial charge in [0, 0.05) is 6.54 Å². The van der Waals surface area contributed by atoms with Gasteiger partial charge in [-0.1, -0.05) is 6.07 Å². The lowest BCUT2D eigenvalue weighted by molar-refractivity contribution is -0.127. The van der Waals surface area contributed by atoms with Crippen molar-refractivity contribution in [2.45, 2.75) is 32.3 Å². The van der Waals surface area contributed by atoms with Gasteiger partial charge >= 0.3 is 0 Å². The minimum Gasteiger partial charge on any atom is -0.476 e. The van der Waals surface area contributed by atoms with E-state index in [1.54, 1.807) is 12.1 Å². The molecule has 0 aliphatic carbocycles. The van der Waals surface area contributed by atoms with Crippen LogP contribution in [0.1, 0.15) is 24.8 Å². The summed E-state index contributed by atoms with van der Waals surface area (Å²) in [5, 5.41) is 2.93. The number of aryl methyl sites for hydroxylation is 1. The number of sulfonamides is 1. The third-order valence-corrected chi connectivity index (χ3v) is 6.51. The van der Waals surface area contributed by atoms with Gasteiger partial charge in [0.1, 0.15) is 5.75 Å². The second-order valence-corrected chi connectivity index (χ2v) is 9.60. The van der Waals surface area contributed by atoms with Crippen molar-refractivity contribution in [2.75, 3.05) is 43.8 Å². The molecule has 150 valence electrons. The number of rotatable bonds is 5. The van der Waals surface area contributed by atoms with Gasteiger partial charge in [-0.25, -0.2) is 8.42 Å². The summed E-state index contributed by atoms with van der Waals surface area (Å²) in [5.74, 6) is 0.792. The normalized spacial score (nSPS) is 21.4. The highest BCUT2D eigenvalue weighted by Crippen LogP contribution is 2.35. The molecule has 0 bridgehead atoms. The number of anilines is 1. The number of likely N-dealkylation sites (tertiary alicyclic amines) is 1. The minimum absolute atomic E-state index is 0.00462. The number of hydrogen-bond donors (Lipinski definition) is 1. The summed E-state index contributed by atoms with van der Waals surface area (Å²) in [6.45, 7) is 4.68. The van der Waals surface area contributed by atoms with Gasteiger partial charge in [-0.2, -0.15) is 0 Å². The number of carbonyl (C=O) groups excluding carboxylic acids is 1. The van der Waals surface area contributed by atoms with E-state index in [1.807, 2.05) is 13.0 Å². The number of amides is 1. The van der Waals surface area contributed by atoms with E-state index in [4.69, 9.17) is 4.74 Å². The molecular weight excluding hydrogens is 366 g/mol. The molecule has 0 unspecified atom stereocenters. The third-order valence-electron chi connectivity index (χ3n) is 5.37. The summed E-state index contributed by atoms with van der Waals surface area (Å²) < 4.78 is 31.5. The molecule has 3 rings (SSSR count). The Balaban J connectivity index is 1.61. The van der Waals surface area contributed by atoms with Gasteiger partial charge in [0.05, 0.1) is 18.5 Å². The van der Waals surface area contributed by atoms with Crippen LogP contribution in [0.5, 0.6) is 5.75 Å². The highest BCUT2D eigenvalue weighted by Gasteiger charge is 2.35. The van der Waals surface area contributed by atoms with Crippen molar-refractivity contribution >= 4 is 21.6 Å². The summed E-state index contributed by atoms with van der Waals surface area (Å²) in [6, 6.07) is 5.34. The standard InChI is InChI=1S/C19H29N3O4S/c1-14-4-5-17-16(12-14)22(27(3,24)25)13-18(26-17)19(23)20-9-6-15-7-10-21(2)11-8-15/h4-5,12,15,18H,6-11,13H2,1-3H3,(H,20,23)/t18-/m0/s1. The monoisotopic (exact) mass is 395 g/mol. The van der Waals surface area contributed by atoms with Crippen molar-refractivity contribution < 1.29 is 17.9 Å². The smallest absolute Gasteiger partial charge is 0.263 e. The lowest BCUT2D eigenvalue weighted by Gasteiger charge is -2.34. The van der Waals surface area contributed by atoms with Crippen LogP contribution in [0, 0.1) is 12.8 Å². The van der Waals surface area contributed by atoms with E-state index in [1.165, 1.54) is 4.31 Å². The second kappa shape index (κ2) is 8.06. The molecule has 0 aromatic heterocycles. The van der Waals surface area contributed by atoms with Crippen LogP contribution in [-0.2, 0) is 14.8 Å². The maximum atomic E-state index is 12.6. The average Bonchev–Trinajstić information content (AvgIpc) is 2.61. The molecular formula is C19H29N3O4S. The lowest BCUT2D eigenvalue weighted by atomic mass is 9.94. The molecule has 8 heteroatoms. The summed E-state index contributed by atoms with van der Waals surface area (Å²) in [6.07, 6.45) is 3.56. The number of benzene rings is 1. The maximum absolute atomic E-state index is 12.6. The number of nitrogens with one attached hydrogen (secondary N) is 1. The Bertz CT molecular complexity index is 788. The molecule has 1 N–H and O–H groups in total. The van der Waals surface area contributed by atoms with Gasteiger partial charge in [-0.15, -0.1) is 0 Å². The van der Waals surface area contributed by atoms with E-state index in [2.05, 4.69) is 17.3 Å². The second-order valence-electron chi connectivity index (χ2n) is 7.70. The Morgan fingerprint density at radius 3 is 2.67 bits per heavy atom. The van der Waals surface area contributed by atoms with Gasteiger partial charge < -0.3 is 15.0 Å². The molecule has 1 aromatic carbocycles. The Morgan fingerprint density at radius 2 is 2.00 bits per heavy atom. The highest BCUT2D eigenvalue weighted by atomic mass is 32.2. The molecule has 0 spiro atoms. The van der Waals surface area contributed by atoms with E-state index < -0.39 is 16.1 Å². The molecule has 0 radical (unpaired) electrons. The molecule has 2 aliphatic rings. The fraction of sp³-hybridized carbons (Fsp3) is 0.632. The number of hydrogen-bond acceptors (Lipinski definition) is 5. The first-order chi connectivity index (χ1) is 12.7. The van der Waals surface area contributed by atoms with Crippen LogP contribution in [0.15, 0.2) is 18.2 Å². The molecule has 1 atom stereocenters. The summed E-state index contributed by atoms with van der Waals surface area (Å²) in [7, 11) is -1.37. The Kier molecular flexibility index (Phi) is 5.95. The van der Waals surface area contributed by atoms with Gasteiger partial charge in [0.25, 0.3) is 5.91 Å². The molecule has 1 aromatic rings. The van der Waals surface area contributed by atoms with Gasteiger partial charge in [0.15, 0.2) is 6.10 Å². The summed E-state index contributed by atoms with van der Waals surface area (Å²) in [4.78, 5) is 14.9. The van der Waals surface area contributed by atoms with Crippen molar-refractivity contribution in [1.29, 1.82) is 0 Å². The van der Waals surface area contributed by atoms with Crippen LogP contribution in [-0.4, -0.2) is 64.8 Å². The molecule has 2 aliphatic heterocycles. The van der Waals surface area contributed by atoms with E-state index in [0.717, 1.165) is 44.2 Å². The predicted octanol–water partition coefficient (Wildman–Crippen LogP) is 1.37. The molecule has 1 fully saturated rings. The molecule has 1 amide bonds. The minimum atomic E-state index is -3.50. The first-order valence-electron chi connectivity index (χ1n) is 9.45. The molecule has 1 saturated heterocycles. The molecule has 27 heavy (non-hydrogen) atoms. The van der Waals surface area contributed by atoms with Crippen LogP contribution in [0.25, 0.3) is 0 Å². The zero-order valence-electron chi connectivity index (χ0n) is 16.3. The Morgan fingerprint density at radius 1 is 1.30 bits per heavy atom. The zero-order chi connectivity index (χ0) is 19.6. The van der Waals surface area contributed by atoms with Crippen LogP contribution >= 0.6 is 0 Å². The molecule has 7 nitrogen and oxygen atoms in total. The summed E-state index contributed by atoms with van der Waals surface area (Å²) in [5.41, 5.74) is 1.43. The quantitative estimate of drug-likeness (QED) is 0.815. The van der Waals surface area contributed by atoms with Crippen molar-refractivity contribution in [3.05, 3.63) is 23.8 Å². The number of piperidine rings is 1. The molecule has 2 heterocycles. The van der Waals surface area contributed by atoms with Crippen LogP contribution in [0.4, 0.5) is 5.69 Å². The van der Waals surface area contributed by atoms with E-state index in [0.29, 0.717) is 23.9 Å².